The molecule has 0 spiro atoms. The van der Waals surface area contributed by atoms with Gasteiger partial charge in [-0.3, -0.25) is 4.79 Å². The zero-order chi connectivity index (χ0) is 9.94. The quantitative estimate of drug-likeness (QED) is 0.646. The molecule has 0 saturated carbocycles. The summed E-state index contributed by atoms with van der Waals surface area (Å²) in [4.78, 5) is 10.2. The van der Waals surface area contributed by atoms with E-state index in [0.29, 0.717) is 6.42 Å². The molecule has 0 amide bonds. The van der Waals surface area contributed by atoms with Crippen molar-refractivity contribution < 1.29 is 9.53 Å². The van der Waals surface area contributed by atoms with Gasteiger partial charge in [0, 0.05) is 6.42 Å². The maximum atomic E-state index is 10.2. The summed E-state index contributed by atoms with van der Waals surface area (Å²) in [5, 5.41) is 11.1. The van der Waals surface area contributed by atoms with Gasteiger partial charge in [0.25, 0.3) is 0 Å². The van der Waals surface area contributed by atoms with E-state index >= 15 is 0 Å². The number of ether oxygens (including phenoxy) is 1. The van der Waals surface area contributed by atoms with Crippen LogP contribution in [0.5, 0.6) is 0 Å². The first kappa shape index (κ1) is 11.9. The normalized spacial score (nSPS) is 13.8. The van der Waals surface area contributed by atoms with Crippen LogP contribution < -0.4 is 5.32 Å². The molecule has 0 atom stereocenters. The topological polar surface area (TPSA) is 62.1 Å². The van der Waals surface area contributed by atoms with Crippen molar-refractivity contribution >= 4 is 5.97 Å². The van der Waals surface area contributed by atoms with E-state index in [1.54, 1.807) is 13.0 Å². The summed E-state index contributed by atoms with van der Waals surface area (Å²) in [7, 11) is 0. The maximum absolute atomic E-state index is 10.2. The highest BCUT2D eigenvalue weighted by atomic mass is 16.5. The number of nitrogens with one attached hydrogen (secondary N) is 1. The summed E-state index contributed by atoms with van der Waals surface area (Å²) in [6, 6.07) is 1.69. The monoisotopic (exact) mass is 184 g/mol. The van der Waals surface area contributed by atoms with Crippen LogP contribution in [0.2, 0.25) is 0 Å². The highest BCUT2D eigenvalue weighted by Crippen LogP contribution is 1.90. The first-order chi connectivity index (χ1) is 6.31. The molecule has 1 heterocycles. The van der Waals surface area contributed by atoms with Crippen molar-refractivity contribution in [2.24, 2.45) is 0 Å². The summed E-state index contributed by atoms with van der Waals surface area (Å²) < 4.78 is 4.34. The second kappa shape index (κ2) is 9.01. The van der Waals surface area contributed by atoms with Crippen molar-refractivity contribution in [2.75, 3.05) is 19.7 Å². The van der Waals surface area contributed by atoms with E-state index in [0.717, 1.165) is 0 Å². The molecular formula is C9H16N2O2. The van der Waals surface area contributed by atoms with Crippen LogP contribution in [0.4, 0.5) is 0 Å². The van der Waals surface area contributed by atoms with Gasteiger partial charge in [0.2, 0.25) is 0 Å². The molecule has 1 aliphatic heterocycles. The number of hydrogen-bond acceptors (Lipinski definition) is 4. The summed E-state index contributed by atoms with van der Waals surface area (Å²) in [6.07, 6.45) is 3.11. The first-order valence-electron chi connectivity index (χ1n) is 4.54. The molecule has 4 heteroatoms. The van der Waals surface area contributed by atoms with Crippen molar-refractivity contribution in [3.05, 3.63) is 0 Å². The number of carbonyl (C=O) groups is 1. The standard InChI is InChI=1S/C5H7NO2.C4H9N/c1-2-5(7)8-4-3-6;1-2-4-5-3-1/h2,4H2,1H3;5H,1-4H2. The lowest BCUT2D eigenvalue weighted by Crippen LogP contribution is -2.03. The van der Waals surface area contributed by atoms with Crippen molar-refractivity contribution in [3.8, 4) is 6.07 Å². The highest BCUT2D eigenvalue weighted by Gasteiger charge is 1.93. The minimum absolute atomic E-state index is 0.132. The van der Waals surface area contributed by atoms with E-state index in [1.807, 2.05) is 0 Å². The third-order valence-electron chi connectivity index (χ3n) is 1.54. The Morgan fingerprint density at radius 1 is 1.54 bits per heavy atom. The fourth-order valence-corrected chi connectivity index (χ4v) is 0.840. The van der Waals surface area contributed by atoms with Crippen LogP contribution in [0.25, 0.3) is 0 Å². The van der Waals surface area contributed by atoms with Gasteiger partial charge in [-0.2, -0.15) is 5.26 Å². The smallest absolute Gasteiger partial charge is 0.306 e. The van der Waals surface area contributed by atoms with Crippen LogP contribution in [0.3, 0.4) is 0 Å². The first-order valence-corrected chi connectivity index (χ1v) is 4.54. The van der Waals surface area contributed by atoms with Crippen LogP contribution in [-0.4, -0.2) is 25.7 Å². The van der Waals surface area contributed by atoms with Crippen LogP contribution in [-0.2, 0) is 9.53 Å². The molecule has 0 unspecified atom stereocenters. The van der Waals surface area contributed by atoms with E-state index in [2.05, 4.69) is 10.1 Å². The van der Waals surface area contributed by atoms with Gasteiger partial charge in [0.15, 0.2) is 6.61 Å². The van der Waals surface area contributed by atoms with Gasteiger partial charge in [0.05, 0.1) is 0 Å². The van der Waals surface area contributed by atoms with E-state index in [-0.39, 0.29) is 12.6 Å². The second-order valence-electron chi connectivity index (χ2n) is 2.63. The average Bonchev–Trinajstić information content (AvgIpc) is 2.72. The minimum Gasteiger partial charge on any atom is -0.450 e. The molecule has 13 heavy (non-hydrogen) atoms. The van der Waals surface area contributed by atoms with Crippen LogP contribution >= 0.6 is 0 Å². The molecule has 1 N–H and O–H groups in total. The Balaban J connectivity index is 0.000000243. The Hall–Kier alpha value is -1.08. The van der Waals surface area contributed by atoms with Gasteiger partial charge in [0.1, 0.15) is 6.07 Å². The molecule has 0 aromatic heterocycles. The van der Waals surface area contributed by atoms with E-state index in [9.17, 15) is 4.79 Å². The number of nitriles is 1. The molecular weight excluding hydrogens is 168 g/mol. The number of nitrogens with zero attached hydrogens (tertiary/aromatic N) is 1. The van der Waals surface area contributed by atoms with Gasteiger partial charge in [-0.25, -0.2) is 0 Å². The van der Waals surface area contributed by atoms with Gasteiger partial charge in [-0.05, 0) is 25.9 Å². The molecule has 74 valence electrons. The third kappa shape index (κ3) is 8.83. The van der Waals surface area contributed by atoms with Crippen LogP contribution in [0.15, 0.2) is 0 Å². The van der Waals surface area contributed by atoms with Crippen LogP contribution in [0.1, 0.15) is 26.2 Å². The zero-order valence-electron chi connectivity index (χ0n) is 8.01. The lowest BCUT2D eigenvalue weighted by atomic mass is 10.4. The molecule has 0 bridgehead atoms. The predicted molar refractivity (Wildman–Crippen MR) is 49.0 cm³/mol. The Morgan fingerprint density at radius 3 is 2.46 bits per heavy atom. The van der Waals surface area contributed by atoms with Gasteiger partial charge >= 0.3 is 5.97 Å². The number of carbonyl (C=O) groups excluding carboxylic acids is 1. The summed E-state index contributed by atoms with van der Waals surface area (Å²) in [6.45, 7) is 4.05. The molecule has 1 saturated heterocycles. The maximum Gasteiger partial charge on any atom is 0.306 e. The molecule has 0 radical (unpaired) electrons. The van der Waals surface area contributed by atoms with E-state index < -0.39 is 0 Å². The van der Waals surface area contributed by atoms with Crippen molar-refractivity contribution in [1.29, 1.82) is 5.26 Å². The summed E-state index contributed by atoms with van der Waals surface area (Å²) in [5.41, 5.74) is 0. The molecule has 1 aliphatic rings. The highest BCUT2D eigenvalue weighted by molar-refractivity contribution is 5.68. The number of rotatable bonds is 2. The Morgan fingerprint density at radius 2 is 2.15 bits per heavy atom. The van der Waals surface area contributed by atoms with Gasteiger partial charge in [-0.1, -0.05) is 6.92 Å². The van der Waals surface area contributed by atoms with E-state index in [4.69, 9.17) is 5.26 Å². The fourth-order valence-electron chi connectivity index (χ4n) is 0.840. The Labute approximate surface area is 78.9 Å². The minimum atomic E-state index is -0.327. The van der Waals surface area contributed by atoms with Crippen molar-refractivity contribution in [2.45, 2.75) is 26.2 Å². The van der Waals surface area contributed by atoms with Crippen molar-refractivity contribution in [1.82, 2.24) is 5.32 Å². The second-order valence-corrected chi connectivity index (χ2v) is 2.63. The van der Waals surface area contributed by atoms with E-state index in [1.165, 1.54) is 25.9 Å². The predicted octanol–water partition coefficient (Wildman–Crippen LogP) is 0.833. The molecule has 4 nitrogen and oxygen atoms in total. The zero-order valence-corrected chi connectivity index (χ0v) is 8.01. The van der Waals surface area contributed by atoms with Gasteiger partial charge in [-0.15, -0.1) is 0 Å². The van der Waals surface area contributed by atoms with Crippen molar-refractivity contribution in [3.63, 3.8) is 0 Å². The SMILES string of the molecule is C1CCNC1.CCC(=O)OCC#N. The molecule has 1 fully saturated rings. The molecule has 1 rings (SSSR count). The summed E-state index contributed by atoms with van der Waals surface area (Å²) in [5.74, 6) is -0.327. The lowest BCUT2D eigenvalue weighted by molar-refractivity contribution is -0.141. The largest absolute Gasteiger partial charge is 0.450 e. The third-order valence-corrected chi connectivity index (χ3v) is 1.54. The fraction of sp³-hybridized carbons (Fsp3) is 0.778. The molecule has 0 aliphatic carbocycles. The Kier molecular flexibility index (Phi) is 8.26. The van der Waals surface area contributed by atoms with Crippen LogP contribution in [0, 0.1) is 11.3 Å². The summed E-state index contributed by atoms with van der Waals surface area (Å²) >= 11 is 0. The lowest BCUT2D eigenvalue weighted by Gasteiger charge is -1.92. The number of hydrogen-bond donors (Lipinski definition) is 1. The molecule has 0 aromatic carbocycles. The van der Waals surface area contributed by atoms with Gasteiger partial charge < -0.3 is 10.1 Å². The molecule has 0 aromatic rings. The number of esters is 1. The average molecular weight is 184 g/mol. The Bertz CT molecular complexity index is 163.